The molecular weight excluding hydrogens is 484 g/mol. The Morgan fingerprint density at radius 2 is 1.72 bits per heavy atom. The Morgan fingerprint density at radius 3 is 2.47 bits per heavy atom. The van der Waals surface area contributed by atoms with E-state index in [1.807, 2.05) is 12.1 Å². The van der Waals surface area contributed by atoms with E-state index in [1.54, 1.807) is 0 Å². The smallest absolute Gasteiger partial charge is 0.198 e. The molecule has 3 aromatic rings. The number of ether oxygens (including phenoxy) is 1. The number of rotatable bonds is 2. The number of hydrazone groups is 1. The van der Waals surface area contributed by atoms with Gasteiger partial charge in [0, 0.05) is 34.3 Å². The van der Waals surface area contributed by atoms with E-state index in [4.69, 9.17) is 21.4 Å². The highest BCUT2D eigenvalue weighted by atomic mass is 79.9. The average molecular weight is 508 g/mol. The van der Waals surface area contributed by atoms with Gasteiger partial charge in [0.15, 0.2) is 5.72 Å². The minimum absolute atomic E-state index is 0.190. The van der Waals surface area contributed by atoms with Gasteiger partial charge in [-0.3, -0.25) is 0 Å². The van der Waals surface area contributed by atoms with Gasteiger partial charge < -0.3 is 4.74 Å². The highest BCUT2D eigenvalue weighted by molar-refractivity contribution is 9.10. The van der Waals surface area contributed by atoms with Gasteiger partial charge >= 0.3 is 0 Å². The Morgan fingerprint density at radius 1 is 0.969 bits per heavy atom. The van der Waals surface area contributed by atoms with Crippen LogP contribution in [0.2, 0.25) is 5.02 Å². The predicted molar refractivity (Wildman–Crippen MR) is 132 cm³/mol. The van der Waals surface area contributed by atoms with Crippen LogP contribution in [0.3, 0.4) is 0 Å². The van der Waals surface area contributed by atoms with Gasteiger partial charge in [-0.2, -0.15) is 5.10 Å². The van der Waals surface area contributed by atoms with Crippen molar-refractivity contribution < 1.29 is 4.74 Å². The SMILES string of the molecule is Clc1ccc(C2=NN3C(C2)c2cc(Br)ccc2OC32CCC(c3ccccc3)CC2)cc1. The lowest BCUT2D eigenvalue weighted by atomic mass is 9.78. The minimum atomic E-state index is -0.384. The lowest BCUT2D eigenvalue weighted by Gasteiger charge is -2.50. The quantitative estimate of drug-likeness (QED) is 0.355. The van der Waals surface area contributed by atoms with Crippen LogP contribution in [0, 0.1) is 0 Å². The molecule has 32 heavy (non-hydrogen) atoms. The highest BCUT2D eigenvalue weighted by Crippen LogP contribution is 2.53. The molecule has 1 fully saturated rings. The van der Waals surface area contributed by atoms with E-state index in [1.165, 1.54) is 11.1 Å². The van der Waals surface area contributed by atoms with E-state index >= 15 is 0 Å². The third-order valence-electron chi connectivity index (χ3n) is 7.17. The number of nitrogens with zero attached hydrogens (tertiary/aromatic N) is 2. The fourth-order valence-electron chi connectivity index (χ4n) is 5.53. The van der Waals surface area contributed by atoms with Crippen LogP contribution in [0.5, 0.6) is 5.75 Å². The maximum absolute atomic E-state index is 6.79. The first-order chi connectivity index (χ1) is 15.6. The fourth-order valence-corrected chi connectivity index (χ4v) is 6.03. The first-order valence-electron chi connectivity index (χ1n) is 11.3. The van der Waals surface area contributed by atoms with Gasteiger partial charge in [-0.15, -0.1) is 0 Å². The van der Waals surface area contributed by atoms with Crippen molar-refractivity contribution in [1.82, 2.24) is 5.01 Å². The van der Waals surface area contributed by atoms with Crippen molar-refractivity contribution >= 4 is 33.2 Å². The zero-order valence-corrected chi connectivity index (χ0v) is 20.0. The monoisotopic (exact) mass is 506 g/mol. The molecule has 0 amide bonds. The molecule has 1 saturated carbocycles. The molecule has 1 spiro atoms. The van der Waals surface area contributed by atoms with E-state index in [0.29, 0.717) is 5.92 Å². The van der Waals surface area contributed by atoms with E-state index in [0.717, 1.165) is 58.6 Å². The van der Waals surface area contributed by atoms with E-state index in [2.05, 4.69) is 81.6 Å². The van der Waals surface area contributed by atoms with Gasteiger partial charge in [0.25, 0.3) is 0 Å². The van der Waals surface area contributed by atoms with Crippen molar-refractivity contribution in [3.05, 3.63) is 99.0 Å². The summed E-state index contributed by atoms with van der Waals surface area (Å²) < 4.78 is 7.87. The lowest BCUT2D eigenvalue weighted by molar-refractivity contribution is -0.142. The molecule has 1 atom stereocenters. The number of hydrogen-bond acceptors (Lipinski definition) is 3. The molecule has 3 aromatic carbocycles. The number of hydrogen-bond donors (Lipinski definition) is 0. The minimum Gasteiger partial charge on any atom is -0.466 e. The average Bonchev–Trinajstić information content (AvgIpc) is 3.28. The molecule has 162 valence electrons. The summed E-state index contributed by atoms with van der Waals surface area (Å²) in [5, 5.41) is 8.21. The second kappa shape index (κ2) is 7.93. The largest absolute Gasteiger partial charge is 0.466 e. The summed E-state index contributed by atoms with van der Waals surface area (Å²) >= 11 is 9.78. The van der Waals surface area contributed by atoms with Gasteiger partial charge in [-0.1, -0.05) is 70.0 Å². The van der Waals surface area contributed by atoms with E-state index in [-0.39, 0.29) is 11.8 Å². The molecule has 2 heterocycles. The van der Waals surface area contributed by atoms with Crippen LogP contribution < -0.4 is 4.74 Å². The molecule has 2 aliphatic heterocycles. The Hall–Kier alpha value is -2.30. The number of fused-ring (bicyclic) bond motifs is 4. The molecular formula is C27H24BrClN2O. The number of halogens is 2. The third-order valence-corrected chi connectivity index (χ3v) is 7.92. The Balaban J connectivity index is 1.36. The summed E-state index contributed by atoms with van der Waals surface area (Å²) in [5.41, 5.74) is 4.50. The molecule has 0 saturated heterocycles. The molecule has 0 aromatic heterocycles. The second-order valence-corrected chi connectivity index (χ2v) is 10.4. The van der Waals surface area contributed by atoms with Gasteiger partial charge in [0.05, 0.1) is 11.8 Å². The fraction of sp³-hybridized carbons (Fsp3) is 0.296. The molecule has 5 heteroatoms. The van der Waals surface area contributed by atoms with Crippen LogP contribution in [0.15, 0.2) is 82.4 Å². The normalized spacial score (nSPS) is 26.3. The van der Waals surface area contributed by atoms with Crippen molar-refractivity contribution in [2.75, 3.05) is 0 Å². The summed E-state index contributed by atoms with van der Waals surface area (Å²) in [6.45, 7) is 0. The molecule has 3 nitrogen and oxygen atoms in total. The highest BCUT2D eigenvalue weighted by Gasteiger charge is 2.52. The molecule has 1 unspecified atom stereocenters. The zero-order chi connectivity index (χ0) is 21.7. The van der Waals surface area contributed by atoms with Gasteiger partial charge in [0.1, 0.15) is 5.75 Å². The van der Waals surface area contributed by atoms with Crippen LogP contribution >= 0.6 is 27.5 Å². The first kappa shape index (κ1) is 20.3. The zero-order valence-electron chi connectivity index (χ0n) is 17.7. The van der Waals surface area contributed by atoms with Gasteiger partial charge in [-0.05, 0) is 60.2 Å². The van der Waals surface area contributed by atoms with Gasteiger partial charge in [-0.25, -0.2) is 5.01 Å². The molecule has 0 bridgehead atoms. The number of benzene rings is 3. The van der Waals surface area contributed by atoms with Crippen molar-refractivity contribution in [2.24, 2.45) is 5.10 Å². The lowest BCUT2D eigenvalue weighted by Crippen LogP contribution is -2.55. The summed E-state index contributed by atoms with van der Waals surface area (Å²) in [7, 11) is 0. The molecule has 6 rings (SSSR count). The second-order valence-electron chi connectivity index (χ2n) is 9.03. The maximum atomic E-state index is 6.79. The molecule has 0 N–H and O–H groups in total. The summed E-state index contributed by atoms with van der Waals surface area (Å²) in [6.07, 6.45) is 5.01. The Kier molecular flexibility index (Phi) is 5.03. The predicted octanol–water partition coefficient (Wildman–Crippen LogP) is 7.70. The van der Waals surface area contributed by atoms with E-state index in [9.17, 15) is 0 Å². The summed E-state index contributed by atoms with van der Waals surface area (Å²) in [5.74, 6) is 1.58. The van der Waals surface area contributed by atoms with Crippen LogP contribution in [0.4, 0.5) is 0 Å². The molecule has 0 radical (unpaired) electrons. The van der Waals surface area contributed by atoms with Crippen LogP contribution in [-0.2, 0) is 0 Å². The summed E-state index contributed by atoms with van der Waals surface area (Å²) in [4.78, 5) is 0. The first-order valence-corrected chi connectivity index (χ1v) is 12.4. The van der Waals surface area contributed by atoms with Gasteiger partial charge in [0.2, 0.25) is 0 Å². The third kappa shape index (κ3) is 3.45. The van der Waals surface area contributed by atoms with E-state index < -0.39 is 0 Å². The Labute approximate surface area is 202 Å². The molecule has 3 aliphatic rings. The van der Waals surface area contributed by atoms with Crippen molar-refractivity contribution in [3.63, 3.8) is 0 Å². The summed E-state index contributed by atoms with van der Waals surface area (Å²) in [6, 6.07) is 25.5. The Bertz CT molecular complexity index is 1170. The van der Waals surface area contributed by atoms with Crippen molar-refractivity contribution in [3.8, 4) is 5.75 Å². The van der Waals surface area contributed by atoms with Crippen LogP contribution in [0.1, 0.15) is 60.8 Å². The van der Waals surface area contributed by atoms with Crippen LogP contribution in [0.25, 0.3) is 0 Å². The maximum Gasteiger partial charge on any atom is 0.198 e. The standard InChI is InChI=1S/C27H24BrClN2O/c28-21-8-11-26-23(16-21)25-17-24(20-6-9-22(29)10-7-20)30-31(25)27(32-26)14-12-19(13-15-27)18-4-2-1-3-5-18/h1-11,16,19,25H,12-15,17H2. The topological polar surface area (TPSA) is 24.8 Å². The molecule has 1 aliphatic carbocycles. The van der Waals surface area contributed by atoms with Crippen molar-refractivity contribution in [2.45, 2.75) is 49.8 Å². The van der Waals surface area contributed by atoms with Crippen molar-refractivity contribution in [1.29, 1.82) is 0 Å². The van der Waals surface area contributed by atoms with Crippen LogP contribution in [-0.4, -0.2) is 16.4 Å².